The minimum Gasteiger partial charge on any atom is -0.308 e. The first-order chi connectivity index (χ1) is 13.4. The number of benzene rings is 3. The number of sulfonamides is 1. The Morgan fingerprint density at radius 1 is 0.929 bits per heavy atom. The lowest BCUT2D eigenvalue weighted by Crippen LogP contribution is -2.28. The summed E-state index contributed by atoms with van der Waals surface area (Å²) in [5.74, 6) is -0.616. The summed E-state index contributed by atoms with van der Waals surface area (Å²) >= 11 is 0. The fraction of sp³-hybridized carbons (Fsp3) is 0.0952. The molecule has 5 nitrogen and oxygen atoms in total. The first kappa shape index (κ1) is 18.2. The molecule has 0 fully saturated rings. The molecule has 3 aromatic carbocycles. The third-order valence-corrected chi connectivity index (χ3v) is 6.04. The predicted octanol–water partition coefficient (Wildman–Crippen LogP) is 3.83. The molecule has 142 valence electrons. The molecule has 0 unspecified atom stereocenters. The van der Waals surface area contributed by atoms with Crippen molar-refractivity contribution in [1.82, 2.24) is 0 Å². The number of nitrogens with zero attached hydrogens (tertiary/aromatic N) is 1. The van der Waals surface area contributed by atoms with Crippen LogP contribution in [0.3, 0.4) is 0 Å². The zero-order valence-corrected chi connectivity index (χ0v) is 15.6. The van der Waals surface area contributed by atoms with E-state index in [2.05, 4.69) is 4.72 Å². The minimum absolute atomic E-state index is 0.0233. The number of rotatable bonds is 4. The first-order valence-electron chi connectivity index (χ1n) is 8.72. The van der Waals surface area contributed by atoms with Crippen LogP contribution in [0.15, 0.2) is 77.7 Å². The van der Waals surface area contributed by atoms with E-state index in [-0.39, 0.29) is 16.5 Å². The Morgan fingerprint density at radius 3 is 2.32 bits per heavy atom. The number of hydrogen-bond acceptors (Lipinski definition) is 3. The van der Waals surface area contributed by atoms with Crippen molar-refractivity contribution < 1.29 is 17.6 Å². The highest BCUT2D eigenvalue weighted by atomic mass is 32.2. The van der Waals surface area contributed by atoms with Crippen LogP contribution < -0.4 is 9.62 Å². The van der Waals surface area contributed by atoms with Crippen LogP contribution in [0.4, 0.5) is 15.8 Å². The van der Waals surface area contributed by atoms with E-state index < -0.39 is 15.8 Å². The molecule has 0 spiro atoms. The van der Waals surface area contributed by atoms with E-state index in [9.17, 15) is 17.6 Å². The van der Waals surface area contributed by atoms with Crippen LogP contribution in [-0.2, 0) is 16.4 Å². The van der Waals surface area contributed by atoms with Gasteiger partial charge in [-0.2, -0.15) is 0 Å². The molecule has 28 heavy (non-hydrogen) atoms. The second-order valence-corrected chi connectivity index (χ2v) is 8.15. The lowest BCUT2D eigenvalue weighted by molar-refractivity contribution is 0.0989. The number of nitrogens with one attached hydrogen (secondary N) is 1. The smallest absolute Gasteiger partial charge is 0.261 e. The number of fused-ring (bicyclic) bond motifs is 1. The zero-order chi connectivity index (χ0) is 19.7. The van der Waals surface area contributed by atoms with Gasteiger partial charge in [-0.1, -0.05) is 18.2 Å². The van der Waals surface area contributed by atoms with Gasteiger partial charge in [0, 0.05) is 23.5 Å². The monoisotopic (exact) mass is 396 g/mol. The van der Waals surface area contributed by atoms with Gasteiger partial charge in [-0.15, -0.1) is 0 Å². The van der Waals surface area contributed by atoms with Crippen LogP contribution >= 0.6 is 0 Å². The zero-order valence-electron chi connectivity index (χ0n) is 14.8. The molecular formula is C21H17FN2O3S. The van der Waals surface area contributed by atoms with Gasteiger partial charge in [0.25, 0.3) is 15.9 Å². The van der Waals surface area contributed by atoms with Gasteiger partial charge in [0.1, 0.15) is 5.82 Å². The summed E-state index contributed by atoms with van der Waals surface area (Å²) in [6.07, 6.45) is 0.802. The highest BCUT2D eigenvalue weighted by Gasteiger charge is 2.25. The largest absolute Gasteiger partial charge is 0.308 e. The number of para-hydroxylation sites is 1. The molecule has 0 saturated carbocycles. The summed E-state index contributed by atoms with van der Waals surface area (Å²) in [5, 5.41) is 0. The summed E-state index contributed by atoms with van der Waals surface area (Å²) < 4.78 is 40.3. The van der Waals surface area contributed by atoms with Gasteiger partial charge in [-0.05, 0) is 66.6 Å². The van der Waals surface area contributed by atoms with Gasteiger partial charge >= 0.3 is 0 Å². The Hall–Kier alpha value is -3.19. The van der Waals surface area contributed by atoms with Crippen LogP contribution in [0, 0.1) is 5.82 Å². The van der Waals surface area contributed by atoms with Crippen molar-refractivity contribution in [2.75, 3.05) is 16.2 Å². The second-order valence-electron chi connectivity index (χ2n) is 6.47. The van der Waals surface area contributed by atoms with Gasteiger partial charge in [-0.25, -0.2) is 12.8 Å². The summed E-state index contributed by atoms with van der Waals surface area (Å²) in [5.41, 5.74) is 2.69. The molecule has 0 saturated heterocycles. The van der Waals surface area contributed by atoms with E-state index in [0.29, 0.717) is 12.1 Å². The lowest BCUT2D eigenvalue weighted by Gasteiger charge is -2.17. The topological polar surface area (TPSA) is 66.5 Å². The average Bonchev–Trinajstić information content (AvgIpc) is 3.13. The maximum atomic E-state index is 13.0. The quantitative estimate of drug-likeness (QED) is 0.729. The minimum atomic E-state index is -3.83. The molecule has 0 atom stereocenters. The number of halogens is 1. The molecule has 0 aromatic heterocycles. The van der Waals surface area contributed by atoms with Crippen LogP contribution in [0.1, 0.15) is 15.9 Å². The van der Waals surface area contributed by atoms with Crippen molar-refractivity contribution in [3.05, 3.63) is 89.7 Å². The standard InChI is InChI=1S/C21H17FN2O3S/c22-17-7-9-18(10-8-17)23-28(26,27)19-11-5-16(6-12-19)21(25)24-14-13-15-3-1-2-4-20(15)24/h1-12,23H,13-14H2. The van der Waals surface area contributed by atoms with Gasteiger partial charge in [-0.3, -0.25) is 9.52 Å². The molecule has 0 bridgehead atoms. The third-order valence-electron chi connectivity index (χ3n) is 4.64. The molecule has 1 heterocycles. The highest BCUT2D eigenvalue weighted by molar-refractivity contribution is 7.92. The van der Waals surface area contributed by atoms with Gasteiger partial charge in [0.05, 0.1) is 4.90 Å². The Morgan fingerprint density at radius 2 is 1.61 bits per heavy atom. The molecule has 1 aliphatic heterocycles. The molecule has 1 aliphatic rings. The molecule has 1 amide bonds. The van der Waals surface area contributed by atoms with E-state index in [1.54, 1.807) is 4.90 Å². The fourth-order valence-electron chi connectivity index (χ4n) is 3.21. The van der Waals surface area contributed by atoms with E-state index in [1.807, 2.05) is 24.3 Å². The van der Waals surface area contributed by atoms with Crippen molar-refractivity contribution in [1.29, 1.82) is 0 Å². The van der Waals surface area contributed by atoms with E-state index in [1.165, 1.54) is 48.5 Å². The summed E-state index contributed by atoms with van der Waals surface area (Å²) in [7, 11) is -3.83. The molecule has 0 aliphatic carbocycles. The van der Waals surface area contributed by atoms with Crippen LogP contribution in [-0.4, -0.2) is 20.9 Å². The Kier molecular flexibility index (Phi) is 4.60. The van der Waals surface area contributed by atoms with Crippen molar-refractivity contribution in [3.63, 3.8) is 0 Å². The molecule has 3 aromatic rings. The number of carbonyl (C=O) groups is 1. The average molecular weight is 396 g/mol. The van der Waals surface area contributed by atoms with Gasteiger partial charge in [0.2, 0.25) is 0 Å². The maximum absolute atomic E-state index is 13.0. The molecule has 1 N–H and O–H groups in total. The maximum Gasteiger partial charge on any atom is 0.261 e. The van der Waals surface area contributed by atoms with Crippen molar-refractivity contribution in [2.24, 2.45) is 0 Å². The predicted molar refractivity (Wildman–Crippen MR) is 105 cm³/mol. The van der Waals surface area contributed by atoms with Gasteiger partial charge in [0.15, 0.2) is 0 Å². The summed E-state index contributed by atoms with van der Waals surface area (Å²) in [6, 6.07) is 18.6. The molecular weight excluding hydrogens is 379 g/mol. The second kappa shape index (κ2) is 7.09. The molecule has 4 rings (SSSR count). The fourth-order valence-corrected chi connectivity index (χ4v) is 4.27. The first-order valence-corrected chi connectivity index (χ1v) is 10.2. The number of carbonyl (C=O) groups excluding carboxylic acids is 1. The van der Waals surface area contributed by atoms with Gasteiger partial charge < -0.3 is 4.90 Å². The van der Waals surface area contributed by atoms with Crippen molar-refractivity contribution in [3.8, 4) is 0 Å². The molecule has 0 radical (unpaired) electrons. The number of anilines is 2. The van der Waals surface area contributed by atoms with Crippen LogP contribution in [0.5, 0.6) is 0 Å². The van der Waals surface area contributed by atoms with Crippen molar-refractivity contribution in [2.45, 2.75) is 11.3 Å². The third kappa shape index (κ3) is 3.48. The van der Waals surface area contributed by atoms with E-state index in [0.717, 1.165) is 17.7 Å². The normalized spacial score (nSPS) is 13.2. The Bertz CT molecular complexity index is 1130. The Labute approximate surface area is 162 Å². The van der Waals surface area contributed by atoms with Crippen molar-refractivity contribution >= 4 is 27.3 Å². The number of hydrogen-bond donors (Lipinski definition) is 1. The lowest BCUT2D eigenvalue weighted by atomic mass is 10.1. The SMILES string of the molecule is O=C(c1ccc(S(=O)(=O)Nc2ccc(F)cc2)cc1)N1CCc2ccccc21. The number of amides is 1. The summed E-state index contributed by atoms with van der Waals surface area (Å²) in [6.45, 7) is 0.602. The molecule has 7 heteroatoms. The van der Waals surface area contributed by atoms with Crippen LogP contribution in [0.25, 0.3) is 0 Å². The summed E-state index contributed by atoms with van der Waals surface area (Å²) in [4.78, 5) is 14.5. The van der Waals surface area contributed by atoms with Crippen LogP contribution in [0.2, 0.25) is 0 Å². The highest BCUT2D eigenvalue weighted by Crippen LogP contribution is 2.29. The van der Waals surface area contributed by atoms with E-state index in [4.69, 9.17) is 0 Å². The Balaban J connectivity index is 1.54. The van der Waals surface area contributed by atoms with E-state index >= 15 is 0 Å².